The minimum atomic E-state index is 0.245. The average Bonchev–Trinajstić information content (AvgIpc) is 2.80. The standard InChI is InChI=1S/C17H27OS/c1-14-7-6-10-17(2,3)16(14)9-8-15(18)13-19-11-4-5-12-19/h8-9H,4-7,10-13H2,1-3H3/q+1/b9-8+. The second kappa shape index (κ2) is 6.30. The zero-order valence-electron chi connectivity index (χ0n) is 12.6. The van der Waals surface area contributed by atoms with E-state index in [4.69, 9.17) is 0 Å². The predicted octanol–water partition coefficient (Wildman–Crippen LogP) is 4.05. The molecule has 1 saturated heterocycles. The van der Waals surface area contributed by atoms with Crippen molar-refractivity contribution < 1.29 is 4.79 Å². The summed E-state index contributed by atoms with van der Waals surface area (Å²) in [5.41, 5.74) is 3.12. The van der Waals surface area contributed by atoms with E-state index in [2.05, 4.69) is 26.8 Å². The molecule has 106 valence electrons. The van der Waals surface area contributed by atoms with Crippen LogP contribution in [0.15, 0.2) is 23.3 Å². The molecule has 2 heteroatoms. The SMILES string of the molecule is CC1=C(/C=C/C(=O)C[S+]2CCCC2)C(C)(C)CCC1. The molecule has 0 spiro atoms. The number of ketones is 1. The lowest BCUT2D eigenvalue weighted by atomic mass is 9.72. The molecule has 0 unspecified atom stereocenters. The number of rotatable bonds is 4. The van der Waals surface area contributed by atoms with Crippen molar-refractivity contribution in [2.45, 2.75) is 52.9 Å². The Morgan fingerprint density at radius 1 is 1.26 bits per heavy atom. The van der Waals surface area contributed by atoms with Crippen LogP contribution < -0.4 is 0 Å². The molecular weight excluding hydrogens is 252 g/mol. The fraction of sp³-hybridized carbons (Fsp3) is 0.706. The van der Waals surface area contributed by atoms with Gasteiger partial charge in [-0.05, 0) is 67.0 Å². The van der Waals surface area contributed by atoms with Crippen molar-refractivity contribution in [2.24, 2.45) is 5.41 Å². The molecule has 1 fully saturated rings. The van der Waals surface area contributed by atoms with Gasteiger partial charge in [0.15, 0.2) is 5.75 Å². The average molecular weight is 279 g/mol. The minimum Gasteiger partial charge on any atom is -0.290 e. The van der Waals surface area contributed by atoms with E-state index in [-0.39, 0.29) is 5.41 Å². The van der Waals surface area contributed by atoms with Gasteiger partial charge in [0.05, 0.1) is 0 Å². The Labute approximate surface area is 120 Å². The maximum Gasteiger partial charge on any atom is 0.204 e. The number of hydrogen-bond acceptors (Lipinski definition) is 1. The van der Waals surface area contributed by atoms with E-state index in [0.717, 1.165) is 5.75 Å². The summed E-state index contributed by atoms with van der Waals surface area (Å²) >= 11 is 0. The maximum atomic E-state index is 12.1. The molecule has 0 saturated carbocycles. The molecule has 2 aliphatic rings. The number of hydrogen-bond donors (Lipinski definition) is 0. The first-order valence-electron chi connectivity index (χ1n) is 7.54. The van der Waals surface area contributed by atoms with Crippen LogP contribution in [-0.4, -0.2) is 23.0 Å². The van der Waals surface area contributed by atoms with Gasteiger partial charge in [-0.1, -0.05) is 25.5 Å². The highest BCUT2D eigenvalue weighted by molar-refractivity contribution is 7.97. The van der Waals surface area contributed by atoms with E-state index in [9.17, 15) is 4.79 Å². The smallest absolute Gasteiger partial charge is 0.204 e. The van der Waals surface area contributed by atoms with E-state index in [1.54, 1.807) is 0 Å². The van der Waals surface area contributed by atoms with Gasteiger partial charge >= 0.3 is 0 Å². The second-order valence-electron chi connectivity index (χ2n) is 6.60. The largest absolute Gasteiger partial charge is 0.290 e. The maximum absolute atomic E-state index is 12.1. The van der Waals surface area contributed by atoms with Crippen molar-refractivity contribution in [1.82, 2.24) is 0 Å². The number of carbonyl (C=O) groups excluding carboxylic acids is 1. The van der Waals surface area contributed by atoms with E-state index in [0.29, 0.717) is 16.7 Å². The van der Waals surface area contributed by atoms with Crippen LogP contribution >= 0.6 is 0 Å². The zero-order chi connectivity index (χ0) is 13.9. The molecule has 2 rings (SSSR count). The Bertz CT molecular complexity index is 397. The molecule has 0 aromatic carbocycles. The van der Waals surface area contributed by atoms with Crippen LogP contribution in [0.3, 0.4) is 0 Å². The topological polar surface area (TPSA) is 17.1 Å². The molecule has 1 aliphatic heterocycles. The third-order valence-electron chi connectivity index (χ3n) is 4.44. The molecule has 0 bridgehead atoms. The van der Waals surface area contributed by atoms with E-state index < -0.39 is 0 Å². The van der Waals surface area contributed by atoms with Gasteiger partial charge < -0.3 is 0 Å². The third-order valence-corrected chi connectivity index (χ3v) is 6.87. The fourth-order valence-electron chi connectivity index (χ4n) is 3.29. The molecule has 1 nitrogen and oxygen atoms in total. The monoisotopic (exact) mass is 279 g/mol. The lowest BCUT2D eigenvalue weighted by molar-refractivity contribution is -0.112. The highest BCUT2D eigenvalue weighted by atomic mass is 32.2. The Kier molecular flexibility index (Phi) is 4.94. The van der Waals surface area contributed by atoms with Crippen LogP contribution in [0, 0.1) is 5.41 Å². The van der Waals surface area contributed by atoms with Crippen molar-refractivity contribution >= 4 is 16.7 Å². The summed E-state index contributed by atoms with van der Waals surface area (Å²) in [6, 6.07) is 0. The summed E-state index contributed by atoms with van der Waals surface area (Å²) < 4.78 is 0. The van der Waals surface area contributed by atoms with Gasteiger partial charge in [-0.2, -0.15) is 0 Å². The van der Waals surface area contributed by atoms with Crippen LogP contribution in [0.5, 0.6) is 0 Å². The predicted molar refractivity (Wildman–Crippen MR) is 85.7 cm³/mol. The third kappa shape index (κ3) is 3.98. The summed E-state index contributed by atoms with van der Waals surface area (Å²) in [4.78, 5) is 12.1. The van der Waals surface area contributed by atoms with Crippen molar-refractivity contribution in [3.8, 4) is 0 Å². The first kappa shape index (κ1) is 14.9. The van der Waals surface area contributed by atoms with Crippen LogP contribution in [0.4, 0.5) is 0 Å². The Morgan fingerprint density at radius 3 is 2.58 bits per heavy atom. The molecular formula is C17H27OS+. The molecule has 0 amide bonds. The van der Waals surface area contributed by atoms with Gasteiger partial charge in [0.2, 0.25) is 5.78 Å². The van der Waals surface area contributed by atoms with E-state index in [1.165, 1.54) is 54.8 Å². The van der Waals surface area contributed by atoms with Gasteiger partial charge in [0.25, 0.3) is 0 Å². The molecule has 0 radical (unpaired) electrons. The lowest BCUT2D eigenvalue weighted by Gasteiger charge is -2.32. The first-order chi connectivity index (χ1) is 8.99. The number of allylic oxidation sites excluding steroid dienone is 4. The molecule has 0 aromatic rings. The highest BCUT2D eigenvalue weighted by Crippen LogP contribution is 2.40. The van der Waals surface area contributed by atoms with Crippen LogP contribution in [-0.2, 0) is 15.7 Å². The highest BCUT2D eigenvalue weighted by Gasteiger charge is 2.28. The van der Waals surface area contributed by atoms with Gasteiger partial charge in [-0.3, -0.25) is 4.79 Å². The van der Waals surface area contributed by atoms with Crippen LogP contribution in [0.25, 0.3) is 0 Å². The molecule has 1 aliphatic carbocycles. The van der Waals surface area contributed by atoms with Gasteiger partial charge in [-0.25, -0.2) is 0 Å². The summed E-state index contributed by atoms with van der Waals surface area (Å²) in [7, 11) is 0.391. The zero-order valence-corrected chi connectivity index (χ0v) is 13.4. The lowest BCUT2D eigenvalue weighted by Crippen LogP contribution is -2.20. The fourth-order valence-corrected chi connectivity index (χ4v) is 5.51. The van der Waals surface area contributed by atoms with Gasteiger partial charge in [0.1, 0.15) is 11.5 Å². The second-order valence-corrected chi connectivity index (χ2v) is 8.93. The Balaban J connectivity index is 1.98. The van der Waals surface area contributed by atoms with Crippen LogP contribution in [0.2, 0.25) is 0 Å². The van der Waals surface area contributed by atoms with E-state index in [1.807, 2.05) is 6.08 Å². The summed E-state index contributed by atoms with van der Waals surface area (Å²) in [5.74, 6) is 3.70. The summed E-state index contributed by atoms with van der Waals surface area (Å²) in [6.45, 7) is 6.83. The molecule has 0 N–H and O–H groups in total. The van der Waals surface area contributed by atoms with Crippen molar-refractivity contribution in [3.63, 3.8) is 0 Å². The molecule has 19 heavy (non-hydrogen) atoms. The van der Waals surface area contributed by atoms with Gasteiger partial charge in [0, 0.05) is 0 Å². The summed E-state index contributed by atoms with van der Waals surface area (Å²) in [6.07, 6.45) is 10.4. The Morgan fingerprint density at radius 2 is 1.95 bits per heavy atom. The first-order valence-corrected chi connectivity index (χ1v) is 9.27. The molecule has 1 heterocycles. The number of carbonyl (C=O) groups is 1. The van der Waals surface area contributed by atoms with Crippen molar-refractivity contribution in [3.05, 3.63) is 23.3 Å². The quantitative estimate of drug-likeness (QED) is 0.560. The molecule has 0 aromatic heterocycles. The van der Waals surface area contributed by atoms with E-state index >= 15 is 0 Å². The normalized spacial score (nSPS) is 24.4. The molecule has 0 atom stereocenters. The Hall–Kier alpha value is -0.500. The van der Waals surface area contributed by atoms with Crippen molar-refractivity contribution in [2.75, 3.05) is 17.3 Å². The van der Waals surface area contributed by atoms with Crippen LogP contribution in [0.1, 0.15) is 52.9 Å². The van der Waals surface area contributed by atoms with Crippen molar-refractivity contribution in [1.29, 1.82) is 0 Å². The summed E-state index contributed by atoms with van der Waals surface area (Å²) in [5, 5.41) is 0. The van der Waals surface area contributed by atoms with Gasteiger partial charge in [-0.15, -0.1) is 0 Å². The minimum absolute atomic E-state index is 0.245.